The second-order valence-electron chi connectivity index (χ2n) is 9.03. The van der Waals surface area contributed by atoms with Crippen molar-refractivity contribution >= 4 is 0 Å². The van der Waals surface area contributed by atoms with Gasteiger partial charge in [0.2, 0.25) is 0 Å². The average molecular weight is 447 g/mol. The molecular formula is C30H32F2O. The summed E-state index contributed by atoms with van der Waals surface area (Å²) in [4.78, 5) is 0. The topological polar surface area (TPSA) is 9.23 Å². The maximum Gasteiger partial charge on any atom is 0.131 e. The first-order valence-electron chi connectivity index (χ1n) is 12.0. The summed E-state index contributed by atoms with van der Waals surface area (Å²) in [5.74, 6) is 0.165. The Balaban J connectivity index is 1.49. The van der Waals surface area contributed by atoms with Crippen LogP contribution >= 0.6 is 0 Å². The lowest BCUT2D eigenvalue weighted by atomic mass is 9.78. The number of hydrogen-bond acceptors (Lipinski definition) is 1. The van der Waals surface area contributed by atoms with Crippen molar-refractivity contribution in [1.29, 1.82) is 0 Å². The fourth-order valence-electron chi connectivity index (χ4n) is 4.73. The second-order valence-corrected chi connectivity index (χ2v) is 9.03. The van der Waals surface area contributed by atoms with E-state index in [1.807, 2.05) is 42.5 Å². The molecule has 0 bridgehead atoms. The molecule has 0 N–H and O–H groups in total. The van der Waals surface area contributed by atoms with E-state index < -0.39 is 5.82 Å². The minimum atomic E-state index is -0.416. The number of rotatable bonds is 8. The van der Waals surface area contributed by atoms with Crippen molar-refractivity contribution in [1.82, 2.24) is 0 Å². The van der Waals surface area contributed by atoms with Crippen LogP contribution in [0.25, 0.3) is 22.3 Å². The van der Waals surface area contributed by atoms with Crippen molar-refractivity contribution in [2.75, 3.05) is 6.61 Å². The minimum absolute atomic E-state index is 0.294. The Labute approximate surface area is 196 Å². The molecule has 0 amide bonds. The first-order chi connectivity index (χ1) is 16.1. The molecule has 0 radical (unpaired) electrons. The number of allylic oxidation sites excluding steroid dienone is 1. The third-order valence-electron chi connectivity index (χ3n) is 6.73. The molecule has 3 aromatic carbocycles. The standard InChI is InChI=1S/C30H32F2O/c1-3-17-33-20-22-7-11-24(12-8-22)26-14-16-28(30(32)19-26)27-15-13-25(18-29(27)31)23-9-5-21(4-2)6-10-23/h4,7-8,11-16,18-19,21,23H,2-3,5-6,9-10,17,20H2,1H3. The van der Waals surface area contributed by atoms with Crippen LogP contribution in [0.2, 0.25) is 0 Å². The van der Waals surface area contributed by atoms with Crippen molar-refractivity contribution < 1.29 is 13.5 Å². The van der Waals surface area contributed by atoms with E-state index in [0.29, 0.717) is 29.6 Å². The lowest BCUT2D eigenvalue weighted by Crippen LogP contribution is -2.11. The molecule has 1 nitrogen and oxygen atoms in total. The molecule has 1 saturated carbocycles. The molecule has 1 aliphatic carbocycles. The first-order valence-corrected chi connectivity index (χ1v) is 12.0. The van der Waals surface area contributed by atoms with Crippen LogP contribution in [0.3, 0.4) is 0 Å². The van der Waals surface area contributed by atoms with Gasteiger partial charge in [0, 0.05) is 17.7 Å². The summed E-state index contributed by atoms with van der Waals surface area (Å²) in [6.45, 7) is 7.29. The maximum atomic E-state index is 15.0. The first kappa shape index (κ1) is 23.4. The fraction of sp³-hybridized carbons (Fsp3) is 0.333. The quantitative estimate of drug-likeness (QED) is 0.248. The van der Waals surface area contributed by atoms with E-state index in [9.17, 15) is 0 Å². The van der Waals surface area contributed by atoms with Gasteiger partial charge in [0.05, 0.1) is 6.61 Å². The molecule has 172 valence electrons. The van der Waals surface area contributed by atoms with Gasteiger partial charge in [-0.05, 0) is 78.3 Å². The largest absolute Gasteiger partial charge is 0.377 e. The van der Waals surface area contributed by atoms with Crippen molar-refractivity contribution in [3.8, 4) is 22.3 Å². The fourth-order valence-corrected chi connectivity index (χ4v) is 4.73. The van der Waals surface area contributed by atoms with Gasteiger partial charge in [-0.15, -0.1) is 6.58 Å². The Morgan fingerprint density at radius 3 is 2.09 bits per heavy atom. The predicted molar refractivity (Wildman–Crippen MR) is 132 cm³/mol. The van der Waals surface area contributed by atoms with Crippen LogP contribution in [0, 0.1) is 17.6 Å². The van der Waals surface area contributed by atoms with Crippen LogP contribution in [0.4, 0.5) is 8.78 Å². The third kappa shape index (κ3) is 5.59. The number of ether oxygens (including phenoxy) is 1. The molecule has 1 fully saturated rings. The summed E-state index contributed by atoms with van der Waals surface area (Å²) in [5, 5.41) is 0. The summed E-state index contributed by atoms with van der Waals surface area (Å²) in [7, 11) is 0. The van der Waals surface area contributed by atoms with Gasteiger partial charge in [-0.1, -0.05) is 61.5 Å². The van der Waals surface area contributed by atoms with E-state index >= 15 is 8.78 Å². The van der Waals surface area contributed by atoms with Crippen LogP contribution in [-0.4, -0.2) is 6.61 Å². The van der Waals surface area contributed by atoms with Gasteiger partial charge < -0.3 is 4.74 Å². The van der Waals surface area contributed by atoms with E-state index in [1.165, 1.54) is 6.07 Å². The molecule has 0 heterocycles. The van der Waals surface area contributed by atoms with Gasteiger partial charge in [-0.25, -0.2) is 8.78 Å². The molecule has 0 spiro atoms. The Morgan fingerprint density at radius 2 is 1.48 bits per heavy atom. The van der Waals surface area contributed by atoms with E-state index in [1.54, 1.807) is 18.2 Å². The minimum Gasteiger partial charge on any atom is -0.377 e. The number of benzene rings is 3. The smallest absolute Gasteiger partial charge is 0.131 e. The molecule has 0 aromatic heterocycles. The SMILES string of the molecule is C=CC1CCC(c2ccc(-c3ccc(-c4ccc(COCCC)cc4)cc3F)c(F)c2)CC1. The van der Waals surface area contributed by atoms with Crippen molar-refractivity contribution in [2.45, 2.75) is 51.6 Å². The van der Waals surface area contributed by atoms with Gasteiger partial charge in [0.25, 0.3) is 0 Å². The Bertz CT molecular complexity index is 1080. The molecule has 33 heavy (non-hydrogen) atoms. The monoisotopic (exact) mass is 446 g/mol. The van der Waals surface area contributed by atoms with Crippen molar-refractivity contribution in [2.24, 2.45) is 5.92 Å². The summed E-state index contributed by atoms with van der Waals surface area (Å²) in [6.07, 6.45) is 7.30. The van der Waals surface area contributed by atoms with Crippen LogP contribution in [0.5, 0.6) is 0 Å². The van der Waals surface area contributed by atoms with Crippen LogP contribution in [-0.2, 0) is 11.3 Å². The summed E-state index contributed by atoms with van der Waals surface area (Å²) in [5.41, 5.74) is 4.40. The van der Waals surface area contributed by atoms with Crippen LogP contribution < -0.4 is 0 Å². The number of halogens is 2. The van der Waals surface area contributed by atoms with Crippen molar-refractivity contribution in [3.05, 3.63) is 96.1 Å². The molecule has 1 aliphatic rings. The molecule has 3 heteroatoms. The number of hydrogen-bond donors (Lipinski definition) is 0. The highest BCUT2D eigenvalue weighted by Crippen LogP contribution is 2.38. The highest BCUT2D eigenvalue weighted by Gasteiger charge is 2.22. The zero-order chi connectivity index (χ0) is 23.2. The Morgan fingerprint density at radius 1 is 0.848 bits per heavy atom. The van der Waals surface area contributed by atoms with Gasteiger partial charge in [-0.2, -0.15) is 0 Å². The van der Waals surface area contributed by atoms with E-state index in [-0.39, 0.29) is 5.82 Å². The molecule has 0 saturated heterocycles. The maximum absolute atomic E-state index is 15.0. The molecule has 0 unspecified atom stereocenters. The van der Waals surface area contributed by atoms with Crippen LogP contribution in [0.1, 0.15) is 56.1 Å². The third-order valence-corrected chi connectivity index (χ3v) is 6.73. The lowest BCUT2D eigenvalue weighted by Gasteiger charge is -2.27. The summed E-state index contributed by atoms with van der Waals surface area (Å²) in [6, 6.07) is 18.2. The van der Waals surface area contributed by atoms with Crippen LogP contribution in [0.15, 0.2) is 73.3 Å². The summed E-state index contributed by atoms with van der Waals surface area (Å²) < 4.78 is 35.6. The normalized spacial score (nSPS) is 18.3. The molecular weight excluding hydrogens is 414 g/mol. The molecule has 0 aliphatic heterocycles. The zero-order valence-electron chi connectivity index (χ0n) is 19.3. The Hall–Kier alpha value is -2.78. The lowest BCUT2D eigenvalue weighted by molar-refractivity contribution is 0.121. The van der Waals surface area contributed by atoms with E-state index in [0.717, 1.165) is 61.0 Å². The summed E-state index contributed by atoms with van der Waals surface area (Å²) >= 11 is 0. The van der Waals surface area contributed by atoms with E-state index in [4.69, 9.17) is 4.74 Å². The Kier molecular flexibility index (Phi) is 7.72. The van der Waals surface area contributed by atoms with Crippen molar-refractivity contribution in [3.63, 3.8) is 0 Å². The van der Waals surface area contributed by atoms with Gasteiger partial charge in [-0.3, -0.25) is 0 Å². The molecule has 4 rings (SSSR count). The van der Waals surface area contributed by atoms with Gasteiger partial charge >= 0.3 is 0 Å². The highest BCUT2D eigenvalue weighted by molar-refractivity contribution is 5.71. The highest BCUT2D eigenvalue weighted by atomic mass is 19.1. The van der Waals surface area contributed by atoms with E-state index in [2.05, 4.69) is 13.5 Å². The average Bonchev–Trinajstić information content (AvgIpc) is 2.85. The predicted octanol–water partition coefficient (Wildman–Crippen LogP) is 8.69. The van der Waals surface area contributed by atoms with Gasteiger partial charge in [0.15, 0.2) is 0 Å². The zero-order valence-corrected chi connectivity index (χ0v) is 19.3. The molecule has 0 atom stereocenters. The molecule has 3 aromatic rings. The van der Waals surface area contributed by atoms with Gasteiger partial charge in [0.1, 0.15) is 11.6 Å². The second kappa shape index (κ2) is 10.9.